The smallest absolute Gasteiger partial charge is 0.146 e. The number of rotatable bonds is 18. The zero-order valence-corrected chi connectivity index (χ0v) is 96.5. The van der Waals surface area contributed by atoms with Crippen LogP contribution in [-0.2, 0) is 0 Å². The van der Waals surface area contributed by atoms with E-state index in [1.165, 1.54) is 49.6 Å². The minimum atomic E-state index is -1.78. The van der Waals surface area contributed by atoms with Gasteiger partial charge in [-0.05, 0) is 261 Å². The number of terminal acetylenes is 1. The topological polar surface area (TPSA) is 40.5 Å². The van der Waals surface area contributed by atoms with E-state index in [1.54, 1.807) is 84.4 Å². The third-order valence-corrected chi connectivity index (χ3v) is 43.3. The SMILES string of the molecule is C#Cc1ccc(C#C/C(C)=C(/C#Cc2ccc(C#C/C(C)=C(/C#Cc3ccc(C#CC(C)(C)O)s3)CCC)s2)CCC)s1.CCC/C(C#Cc1ccc(C#C/C(C)=C(/C#Cc2ccc(C#CC(C)(C)O)s2)CCC)s1)=C(/C)C#Cc1ccc(C#C/C(CCC)=C(\C)C#Cc2ccc(C#C[Si](C(C)C)(C(C)C)C(C)C)s2)s1.CCC/C(I)=C(/C)C#Cc1ccc(C#C[Si](C(C)C)(C(C)C)C(C)C)s1. The second kappa shape index (κ2) is 58.9. The molecule has 0 bridgehead atoms. The summed E-state index contributed by atoms with van der Waals surface area (Å²) in [6.45, 7) is 60.4. The van der Waals surface area contributed by atoms with E-state index in [0.29, 0.717) is 33.2 Å². The Labute approximate surface area is 875 Å². The van der Waals surface area contributed by atoms with E-state index in [1.807, 2.05) is 81.4 Å². The van der Waals surface area contributed by atoms with Crippen LogP contribution < -0.4 is 0 Å². The van der Waals surface area contributed by atoms with Crippen molar-refractivity contribution in [3.63, 3.8) is 0 Å². The Morgan fingerprint density at radius 3 is 0.591 bits per heavy atom. The Bertz CT molecular complexity index is 6820. The number of thiophene rings is 8. The molecule has 0 unspecified atom stereocenters. The molecule has 2 nitrogen and oxygen atoms in total. The van der Waals surface area contributed by atoms with Crippen molar-refractivity contribution in [2.75, 3.05) is 0 Å². The molecule has 0 aliphatic heterocycles. The lowest BCUT2D eigenvalue weighted by atomic mass is 10.1. The van der Waals surface area contributed by atoms with Crippen LogP contribution in [0.5, 0.6) is 0 Å². The van der Waals surface area contributed by atoms with Crippen molar-refractivity contribution >= 4 is 129 Å². The molecule has 8 aromatic rings. The molecular formula is C124H133IO2S8Si2. The van der Waals surface area contributed by atoms with Gasteiger partial charge in [0.05, 0.1) is 78.0 Å². The van der Waals surface area contributed by atoms with Gasteiger partial charge in [-0.1, -0.05) is 335 Å². The van der Waals surface area contributed by atoms with E-state index in [-0.39, 0.29) is 0 Å². The van der Waals surface area contributed by atoms with E-state index in [4.69, 9.17) is 6.42 Å². The van der Waals surface area contributed by atoms with E-state index >= 15 is 0 Å². The van der Waals surface area contributed by atoms with Crippen molar-refractivity contribution < 1.29 is 10.2 Å². The average molecular weight is 2100 g/mol. The van der Waals surface area contributed by atoms with Gasteiger partial charge in [0.2, 0.25) is 0 Å². The van der Waals surface area contributed by atoms with Gasteiger partial charge in [0.1, 0.15) is 27.3 Å². The molecule has 13 heteroatoms. The molecule has 0 aliphatic carbocycles. The minimum absolute atomic E-state index is 0.610. The third kappa shape index (κ3) is 39.7. The zero-order valence-electron chi connectivity index (χ0n) is 85.8. The number of allylic oxidation sites excluding steroid dienone is 12. The van der Waals surface area contributed by atoms with Gasteiger partial charge in [0.25, 0.3) is 0 Å². The molecule has 0 saturated heterocycles. The molecule has 0 spiro atoms. The molecule has 0 aliphatic rings. The van der Waals surface area contributed by atoms with Crippen molar-refractivity contribution in [1.82, 2.24) is 0 Å². The molecule has 2 N–H and O–H groups in total. The summed E-state index contributed by atoms with van der Waals surface area (Å²) < 4.78 is 1.37. The Hall–Kier alpha value is -9.92. The Morgan fingerprint density at radius 2 is 0.423 bits per heavy atom. The van der Waals surface area contributed by atoms with Crippen LogP contribution in [-0.4, -0.2) is 37.6 Å². The molecule has 8 rings (SSSR count). The number of hydrogen-bond acceptors (Lipinski definition) is 10. The van der Waals surface area contributed by atoms with Gasteiger partial charge in [-0.3, -0.25) is 0 Å². The first-order valence-corrected chi connectivity index (χ1v) is 59.6. The molecule has 0 radical (unpaired) electrons. The van der Waals surface area contributed by atoms with E-state index < -0.39 is 27.3 Å². The fourth-order valence-corrected chi connectivity index (χ4v) is 31.8. The van der Waals surface area contributed by atoms with Crippen LogP contribution in [0.4, 0.5) is 0 Å². The minimum Gasteiger partial charge on any atom is -0.378 e. The monoisotopic (exact) mass is 2090 g/mol. The largest absolute Gasteiger partial charge is 0.378 e. The predicted octanol–water partition coefficient (Wildman–Crippen LogP) is 33.4. The van der Waals surface area contributed by atoms with Gasteiger partial charge in [-0.15, -0.1) is 108 Å². The molecule has 0 aromatic carbocycles. The molecule has 137 heavy (non-hydrogen) atoms. The van der Waals surface area contributed by atoms with Crippen LogP contribution in [0.2, 0.25) is 33.2 Å². The highest BCUT2D eigenvalue weighted by atomic mass is 127. The van der Waals surface area contributed by atoms with E-state index in [9.17, 15) is 10.2 Å². The Kier molecular flexibility index (Phi) is 49.7. The molecule has 8 aromatic heterocycles. The summed E-state index contributed by atoms with van der Waals surface area (Å²) in [6.07, 6.45) is 17.1. The highest BCUT2D eigenvalue weighted by Crippen LogP contribution is 2.43. The van der Waals surface area contributed by atoms with Crippen molar-refractivity contribution in [3.05, 3.63) is 240 Å². The standard InChI is InChI=1S/C62H66OS4Si.C39H34OS3.C23H33ISSi/c1-15-18-51(24-30-57-35-34-55(65-57)28-22-49(11)53(20-17-3)26-32-59-37-39-60(66-59)41-43-62(13,14)63)48(10)21-27-54-33-36-58(64-54)31-25-52(19-16-2)50(12)23-29-56-38-40-61(67-56)42-44-68(45(4)5,46(6)7)47(8)9;1-8-11-31(29(4)13-17-34-22-21-33(10-3)41-34)15-19-36-24-23-35(42-36)18-14-30(5)32(12-9-2)16-20-37-25-26-38(43-37)27-28-39(6,7)40;1-9-10-23(24)20(8)11-12-21-13-14-22(25-21)15-16-26(17(2)3,18(4)5)19(6)7/h33-40,45-47,63H,15-20H2,1-14H3;3,21-26,40H,8-9,11-12H2,1-2,4-7H3;13-14,17-19H,9-10H2,1-8H3/b51-48+,52-50+,53-49+;31-29+,32-30+;23-20+. The van der Waals surface area contributed by atoms with E-state index in [0.717, 1.165) is 204 Å². The molecule has 0 saturated carbocycles. The molecule has 0 amide bonds. The first-order valence-electron chi connectivity index (χ1n) is 47.5. The van der Waals surface area contributed by atoms with Crippen LogP contribution in [0.15, 0.2) is 162 Å². The maximum absolute atomic E-state index is 9.92. The number of halogens is 1. The normalized spacial score (nSPS) is 11.9. The van der Waals surface area contributed by atoms with Crippen LogP contribution in [0.1, 0.15) is 349 Å². The summed E-state index contributed by atoms with van der Waals surface area (Å²) in [5.74, 6) is 95.3. The van der Waals surface area contributed by atoms with Crippen LogP contribution in [0.25, 0.3) is 0 Å². The maximum Gasteiger partial charge on any atom is 0.146 e. The molecule has 0 atom stereocenters. The summed E-state index contributed by atoms with van der Waals surface area (Å²) in [7, 11) is -3.45. The van der Waals surface area contributed by atoms with Crippen molar-refractivity contribution in [2.45, 2.75) is 315 Å². The van der Waals surface area contributed by atoms with Crippen molar-refractivity contribution in [3.8, 4) is 189 Å². The summed E-state index contributed by atoms with van der Waals surface area (Å²) in [5.41, 5.74) is 20.9. The fourth-order valence-electron chi connectivity index (χ4n) is 14.9. The second-order valence-corrected chi connectivity index (χ2v) is 57.3. The lowest BCUT2D eigenvalue weighted by Crippen LogP contribution is -2.43. The van der Waals surface area contributed by atoms with Crippen LogP contribution >= 0.6 is 113 Å². The second-order valence-electron chi connectivity index (χ2n) is 36.2. The predicted molar refractivity (Wildman–Crippen MR) is 620 cm³/mol. The Balaban J connectivity index is 0.000000353. The lowest BCUT2D eigenvalue weighted by Gasteiger charge is -2.38. The third-order valence-electron chi connectivity index (χ3n) is 22.1. The van der Waals surface area contributed by atoms with Gasteiger partial charge < -0.3 is 10.2 Å². The number of hydrogen-bond donors (Lipinski definition) is 2. The first-order chi connectivity index (χ1) is 65.1. The number of aliphatic hydroxyl groups is 2. The maximum atomic E-state index is 9.92. The van der Waals surface area contributed by atoms with Gasteiger partial charge in [0.15, 0.2) is 0 Å². The molecular weight excluding hydrogens is 1960 g/mol. The van der Waals surface area contributed by atoms with Gasteiger partial charge >= 0.3 is 0 Å². The molecule has 704 valence electrons. The zero-order chi connectivity index (χ0) is 101. The molecule has 8 heterocycles. The summed E-state index contributed by atoms with van der Waals surface area (Å²) in [6, 6.07) is 32.5. The lowest BCUT2D eigenvalue weighted by molar-refractivity contribution is 0.143. The van der Waals surface area contributed by atoms with Gasteiger partial charge in [-0.25, -0.2) is 0 Å². The van der Waals surface area contributed by atoms with Crippen molar-refractivity contribution in [2.24, 2.45) is 0 Å². The summed E-state index contributed by atoms with van der Waals surface area (Å²) >= 11 is 15.2. The van der Waals surface area contributed by atoms with Crippen LogP contribution in [0, 0.1) is 189 Å². The highest BCUT2D eigenvalue weighted by molar-refractivity contribution is 14.1. The quantitative estimate of drug-likeness (QED) is 0.0511. The Morgan fingerprint density at radius 1 is 0.263 bits per heavy atom. The fraction of sp³-hybridized carbons (Fsp3) is 0.387. The van der Waals surface area contributed by atoms with Gasteiger partial charge in [0, 0.05) is 64.9 Å². The summed E-state index contributed by atoms with van der Waals surface area (Å²) in [4.78, 5) is 15.8. The molecule has 0 fully saturated rings. The summed E-state index contributed by atoms with van der Waals surface area (Å²) in [5, 5.41) is 19.8. The highest BCUT2D eigenvalue weighted by Gasteiger charge is 2.43. The van der Waals surface area contributed by atoms with Crippen molar-refractivity contribution in [1.29, 1.82) is 0 Å². The van der Waals surface area contributed by atoms with E-state index in [2.05, 4.69) is 387 Å². The average Bonchev–Trinajstić information content (AvgIpc) is 1.50. The van der Waals surface area contributed by atoms with Crippen LogP contribution in [0.3, 0.4) is 0 Å². The first kappa shape index (κ1) is 116. The van der Waals surface area contributed by atoms with Gasteiger partial charge in [-0.2, -0.15) is 0 Å².